The molecule has 2 aromatic carbocycles. The van der Waals surface area contributed by atoms with Gasteiger partial charge in [-0.1, -0.05) is 29.8 Å². The van der Waals surface area contributed by atoms with Crippen molar-refractivity contribution in [3.05, 3.63) is 70.9 Å². The van der Waals surface area contributed by atoms with E-state index in [0.717, 1.165) is 21.4 Å². The third kappa shape index (κ3) is 3.32. The Hall–Kier alpha value is -3.38. The number of carbonyl (C=O) groups is 3. The van der Waals surface area contributed by atoms with Crippen LogP contribution in [0, 0.1) is 0 Å². The fourth-order valence-corrected chi connectivity index (χ4v) is 3.54. The van der Waals surface area contributed by atoms with Gasteiger partial charge >= 0.3 is 6.03 Å². The van der Waals surface area contributed by atoms with Crippen molar-refractivity contribution in [2.75, 3.05) is 4.90 Å². The molecule has 1 aliphatic heterocycles. The molecule has 6 nitrogen and oxygen atoms in total. The third-order valence-electron chi connectivity index (χ3n) is 4.81. The fourth-order valence-electron chi connectivity index (χ4n) is 3.41. The molecule has 1 aromatic heterocycles. The van der Waals surface area contributed by atoms with Crippen molar-refractivity contribution in [3.8, 4) is 0 Å². The Morgan fingerprint density at radius 1 is 1.00 bits per heavy atom. The predicted octanol–water partition coefficient (Wildman–Crippen LogP) is 4.54. The first-order chi connectivity index (χ1) is 13.9. The molecule has 1 aliphatic rings. The van der Waals surface area contributed by atoms with Gasteiger partial charge in [0.05, 0.1) is 5.69 Å². The summed E-state index contributed by atoms with van der Waals surface area (Å²) in [6, 6.07) is 13.5. The molecule has 1 fully saturated rings. The molecule has 0 spiro atoms. The number of halogens is 1. The van der Waals surface area contributed by atoms with E-state index >= 15 is 0 Å². The number of nitrogens with zero attached hydrogens (tertiary/aromatic N) is 2. The topological polar surface area (TPSA) is 71.4 Å². The van der Waals surface area contributed by atoms with Crippen LogP contribution in [0.5, 0.6) is 0 Å². The highest BCUT2D eigenvalue weighted by atomic mass is 35.5. The molecule has 0 bridgehead atoms. The van der Waals surface area contributed by atoms with Crippen molar-refractivity contribution in [1.29, 1.82) is 0 Å². The number of rotatable bonds is 3. The number of barbiturate groups is 1. The van der Waals surface area contributed by atoms with Crippen LogP contribution in [0.4, 0.5) is 10.5 Å². The molecule has 146 valence electrons. The molecule has 1 N–H and O–H groups in total. The van der Waals surface area contributed by atoms with Crippen molar-refractivity contribution in [2.45, 2.75) is 19.9 Å². The van der Waals surface area contributed by atoms with Gasteiger partial charge in [-0.05, 0) is 50.3 Å². The third-order valence-corrected chi connectivity index (χ3v) is 5.07. The predicted molar refractivity (Wildman–Crippen MR) is 113 cm³/mol. The molecule has 0 unspecified atom stereocenters. The van der Waals surface area contributed by atoms with E-state index in [1.54, 1.807) is 24.3 Å². The smallest absolute Gasteiger partial charge is 0.335 e. The average molecular weight is 408 g/mol. The van der Waals surface area contributed by atoms with E-state index in [9.17, 15) is 14.4 Å². The van der Waals surface area contributed by atoms with E-state index in [0.29, 0.717) is 10.7 Å². The molecular weight excluding hydrogens is 390 g/mol. The monoisotopic (exact) mass is 407 g/mol. The molecule has 1 saturated heterocycles. The quantitative estimate of drug-likeness (QED) is 0.511. The maximum atomic E-state index is 13.0. The van der Waals surface area contributed by atoms with Crippen molar-refractivity contribution in [1.82, 2.24) is 9.88 Å². The second-order valence-electron chi connectivity index (χ2n) is 7.04. The standard InChI is InChI=1S/C22H18ClN3O3/c1-13(2)25-12-14(17-5-3-4-6-19(17)25)11-18-20(27)24-22(29)26(21(18)28)16-9-7-15(23)8-10-16/h3-13H,1-2H3,(H,24,27,29). The van der Waals surface area contributed by atoms with E-state index in [4.69, 9.17) is 11.6 Å². The second-order valence-corrected chi connectivity index (χ2v) is 7.47. The van der Waals surface area contributed by atoms with E-state index < -0.39 is 17.8 Å². The van der Waals surface area contributed by atoms with E-state index in [1.807, 2.05) is 30.5 Å². The van der Waals surface area contributed by atoms with Crippen LogP contribution in [0.2, 0.25) is 5.02 Å². The highest BCUT2D eigenvalue weighted by molar-refractivity contribution is 6.39. The lowest BCUT2D eigenvalue weighted by atomic mass is 10.1. The van der Waals surface area contributed by atoms with Crippen molar-refractivity contribution in [2.24, 2.45) is 0 Å². The zero-order chi connectivity index (χ0) is 20.7. The first-order valence-corrected chi connectivity index (χ1v) is 9.51. The summed E-state index contributed by atoms with van der Waals surface area (Å²) in [6.45, 7) is 4.12. The number of fused-ring (bicyclic) bond motifs is 1. The summed E-state index contributed by atoms with van der Waals surface area (Å²) >= 11 is 5.89. The maximum absolute atomic E-state index is 13.0. The van der Waals surface area contributed by atoms with Crippen LogP contribution in [-0.4, -0.2) is 22.4 Å². The molecule has 3 aromatic rings. The van der Waals surface area contributed by atoms with Crippen LogP contribution < -0.4 is 10.2 Å². The molecule has 4 rings (SSSR count). The van der Waals surface area contributed by atoms with Crippen molar-refractivity contribution in [3.63, 3.8) is 0 Å². The van der Waals surface area contributed by atoms with Crippen LogP contribution in [-0.2, 0) is 9.59 Å². The lowest BCUT2D eigenvalue weighted by molar-refractivity contribution is -0.122. The number of hydrogen-bond acceptors (Lipinski definition) is 3. The summed E-state index contributed by atoms with van der Waals surface area (Å²) in [4.78, 5) is 38.7. The number of hydrogen-bond donors (Lipinski definition) is 1. The van der Waals surface area contributed by atoms with E-state index in [-0.39, 0.29) is 11.6 Å². The van der Waals surface area contributed by atoms with Crippen LogP contribution in [0.1, 0.15) is 25.5 Å². The van der Waals surface area contributed by atoms with Gasteiger partial charge in [-0.15, -0.1) is 0 Å². The lowest BCUT2D eigenvalue weighted by Crippen LogP contribution is -2.54. The van der Waals surface area contributed by atoms with Crippen molar-refractivity contribution >= 4 is 52.1 Å². The Balaban J connectivity index is 1.82. The Morgan fingerprint density at radius 2 is 1.69 bits per heavy atom. The second kappa shape index (κ2) is 7.22. The number of aromatic nitrogens is 1. The SMILES string of the molecule is CC(C)n1cc(C=C2C(=O)NC(=O)N(c3ccc(Cl)cc3)C2=O)c2ccccc21. The van der Waals surface area contributed by atoms with Gasteiger partial charge in [0.1, 0.15) is 5.57 Å². The van der Waals surface area contributed by atoms with E-state index in [2.05, 4.69) is 23.7 Å². The number of carbonyl (C=O) groups excluding carboxylic acids is 3. The summed E-state index contributed by atoms with van der Waals surface area (Å²) in [5.74, 6) is -1.39. The zero-order valence-corrected chi connectivity index (χ0v) is 16.6. The van der Waals surface area contributed by atoms with E-state index in [1.165, 1.54) is 6.08 Å². The number of amides is 4. The maximum Gasteiger partial charge on any atom is 0.335 e. The van der Waals surface area contributed by atoms with Gasteiger partial charge in [0.15, 0.2) is 0 Å². The Labute approximate surface area is 172 Å². The Morgan fingerprint density at radius 3 is 2.38 bits per heavy atom. The molecule has 2 heterocycles. The number of urea groups is 1. The largest absolute Gasteiger partial charge is 0.344 e. The molecule has 0 saturated carbocycles. The van der Waals surface area contributed by atoms with Gasteiger partial charge in [0.25, 0.3) is 11.8 Å². The number of nitrogens with one attached hydrogen (secondary N) is 1. The molecule has 7 heteroatoms. The van der Waals surface area contributed by atoms with Gasteiger partial charge in [-0.3, -0.25) is 14.9 Å². The highest BCUT2D eigenvalue weighted by Crippen LogP contribution is 2.28. The minimum Gasteiger partial charge on any atom is -0.344 e. The number of benzene rings is 2. The van der Waals surface area contributed by atoms with Crippen LogP contribution >= 0.6 is 11.6 Å². The number of para-hydroxylation sites is 1. The van der Waals surface area contributed by atoms with Gasteiger partial charge in [-0.2, -0.15) is 0 Å². The summed E-state index contributed by atoms with van der Waals surface area (Å²) in [5.41, 5.74) is 1.97. The first-order valence-electron chi connectivity index (χ1n) is 9.13. The summed E-state index contributed by atoms with van der Waals surface area (Å²) < 4.78 is 2.08. The molecule has 29 heavy (non-hydrogen) atoms. The molecule has 0 aliphatic carbocycles. The van der Waals surface area contributed by atoms with Gasteiger partial charge in [0.2, 0.25) is 0 Å². The Bertz CT molecular complexity index is 1180. The Kier molecular flexibility index (Phi) is 4.72. The first kappa shape index (κ1) is 19.0. The average Bonchev–Trinajstić information content (AvgIpc) is 3.05. The molecular formula is C22H18ClN3O3. The normalized spacial score (nSPS) is 16.2. The van der Waals surface area contributed by atoms with Gasteiger partial charge in [0, 0.05) is 33.7 Å². The van der Waals surface area contributed by atoms with Gasteiger partial charge < -0.3 is 4.57 Å². The van der Waals surface area contributed by atoms with Gasteiger partial charge in [-0.25, -0.2) is 9.69 Å². The lowest BCUT2D eigenvalue weighted by Gasteiger charge is -2.26. The van der Waals surface area contributed by atoms with Crippen molar-refractivity contribution < 1.29 is 14.4 Å². The number of imide groups is 2. The van der Waals surface area contributed by atoms with Crippen LogP contribution in [0.3, 0.4) is 0 Å². The summed E-state index contributed by atoms with van der Waals surface area (Å²) in [6.07, 6.45) is 3.44. The fraction of sp³-hybridized carbons (Fsp3) is 0.136. The molecule has 4 amide bonds. The number of anilines is 1. The van der Waals surface area contributed by atoms with Crippen LogP contribution in [0.15, 0.2) is 60.3 Å². The highest BCUT2D eigenvalue weighted by Gasteiger charge is 2.37. The summed E-state index contributed by atoms with van der Waals surface area (Å²) in [7, 11) is 0. The summed E-state index contributed by atoms with van der Waals surface area (Å²) in [5, 5.41) is 3.64. The molecule has 0 radical (unpaired) electrons. The minimum absolute atomic E-state index is 0.105. The van der Waals surface area contributed by atoms with Crippen LogP contribution in [0.25, 0.3) is 17.0 Å². The minimum atomic E-state index is -0.788. The molecule has 0 atom stereocenters. The zero-order valence-electron chi connectivity index (χ0n) is 15.8.